The number of halogens is 1. The lowest BCUT2D eigenvalue weighted by atomic mass is 10.2. The second kappa shape index (κ2) is 7.23. The summed E-state index contributed by atoms with van der Waals surface area (Å²) in [6.07, 6.45) is 1.64. The number of nitrogens with zero attached hydrogens (tertiary/aromatic N) is 4. The summed E-state index contributed by atoms with van der Waals surface area (Å²) >= 11 is 3.39. The fourth-order valence-electron chi connectivity index (χ4n) is 2.77. The van der Waals surface area contributed by atoms with Crippen molar-refractivity contribution < 1.29 is 4.79 Å². The second-order valence-electron chi connectivity index (χ2n) is 5.90. The zero-order chi connectivity index (χ0) is 18.0. The molecule has 0 fully saturated rings. The molecule has 0 aliphatic rings. The maximum Gasteiger partial charge on any atom is 0.275 e. The molecule has 0 saturated heterocycles. The van der Waals surface area contributed by atoms with Crippen molar-refractivity contribution >= 4 is 27.5 Å². The van der Waals surface area contributed by atoms with Gasteiger partial charge in [-0.1, -0.05) is 12.1 Å². The molecule has 25 heavy (non-hydrogen) atoms. The number of rotatable bonds is 5. The van der Waals surface area contributed by atoms with Gasteiger partial charge in [0.1, 0.15) is 5.69 Å². The molecule has 0 spiro atoms. The molecule has 0 unspecified atom stereocenters. The van der Waals surface area contributed by atoms with E-state index in [1.807, 2.05) is 49.7 Å². The van der Waals surface area contributed by atoms with Crippen LogP contribution >= 0.6 is 15.9 Å². The van der Waals surface area contributed by atoms with Crippen LogP contribution in [0.15, 0.2) is 41.0 Å². The van der Waals surface area contributed by atoms with Gasteiger partial charge in [-0.15, -0.1) is 0 Å². The number of amides is 1. The molecular weight excluding hydrogens is 382 g/mol. The standard InChI is InChI=1S/C18H20BrN5O/c1-4-23-17(16(19)10-20-23)18(25)21-15-7-5-6-14(9-15)11-24-13(3)8-12(2)22-24/h5-10H,4,11H2,1-3H3,(H,21,25). The van der Waals surface area contributed by atoms with Crippen molar-refractivity contribution in [1.29, 1.82) is 0 Å². The van der Waals surface area contributed by atoms with Gasteiger partial charge in [0.05, 0.1) is 22.9 Å². The van der Waals surface area contributed by atoms with Gasteiger partial charge in [0, 0.05) is 17.9 Å². The first-order chi connectivity index (χ1) is 12.0. The molecule has 2 aromatic heterocycles. The Morgan fingerprint density at radius 3 is 2.72 bits per heavy atom. The van der Waals surface area contributed by atoms with Gasteiger partial charge < -0.3 is 5.32 Å². The maximum atomic E-state index is 12.6. The van der Waals surface area contributed by atoms with Crippen LogP contribution in [0.1, 0.15) is 34.4 Å². The van der Waals surface area contributed by atoms with Crippen molar-refractivity contribution in [2.24, 2.45) is 0 Å². The largest absolute Gasteiger partial charge is 0.321 e. The Balaban J connectivity index is 1.78. The van der Waals surface area contributed by atoms with Gasteiger partial charge in [0.15, 0.2) is 0 Å². The number of hydrogen-bond acceptors (Lipinski definition) is 3. The summed E-state index contributed by atoms with van der Waals surface area (Å²) in [4.78, 5) is 12.6. The molecule has 0 atom stereocenters. The van der Waals surface area contributed by atoms with Crippen LogP contribution in [0.3, 0.4) is 0 Å². The third kappa shape index (κ3) is 3.82. The maximum absolute atomic E-state index is 12.6. The van der Waals surface area contributed by atoms with Crippen molar-refractivity contribution in [3.05, 3.63) is 63.6 Å². The van der Waals surface area contributed by atoms with Crippen molar-refractivity contribution in [3.8, 4) is 0 Å². The van der Waals surface area contributed by atoms with Gasteiger partial charge in [0.25, 0.3) is 5.91 Å². The molecule has 0 aliphatic carbocycles. The molecule has 130 valence electrons. The number of anilines is 1. The first-order valence-corrected chi connectivity index (χ1v) is 8.90. The zero-order valence-electron chi connectivity index (χ0n) is 14.5. The Kier molecular flexibility index (Phi) is 5.03. The Morgan fingerprint density at radius 2 is 2.04 bits per heavy atom. The summed E-state index contributed by atoms with van der Waals surface area (Å²) in [6, 6.07) is 9.86. The van der Waals surface area contributed by atoms with Gasteiger partial charge in [0.2, 0.25) is 0 Å². The van der Waals surface area contributed by atoms with E-state index >= 15 is 0 Å². The van der Waals surface area contributed by atoms with Crippen LogP contribution < -0.4 is 5.32 Å². The number of carbonyl (C=O) groups is 1. The number of carbonyl (C=O) groups excluding carboxylic acids is 1. The van der Waals surface area contributed by atoms with Crippen LogP contribution in [0.2, 0.25) is 0 Å². The first-order valence-electron chi connectivity index (χ1n) is 8.10. The van der Waals surface area contributed by atoms with Crippen LogP contribution in [0.5, 0.6) is 0 Å². The minimum atomic E-state index is -0.186. The highest BCUT2D eigenvalue weighted by Crippen LogP contribution is 2.19. The predicted molar refractivity (Wildman–Crippen MR) is 101 cm³/mol. The Labute approximate surface area is 155 Å². The summed E-state index contributed by atoms with van der Waals surface area (Å²) < 4.78 is 4.31. The predicted octanol–water partition coefficient (Wildman–Crippen LogP) is 3.78. The zero-order valence-corrected chi connectivity index (χ0v) is 16.0. The normalized spacial score (nSPS) is 10.9. The second-order valence-corrected chi connectivity index (χ2v) is 6.75. The van der Waals surface area contributed by atoms with E-state index in [1.54, 1.807) is 10.9 Å². The van der Waals surface area contributed by atoms with E-state index in [4.69, 9.17) is 0 Å². The summed E-state index contributed by atoms with van der Waals surface area (Å²) in [5, 5.41) is 11.6. The average molecular weight is 402 g/mol. The first kappa shape index (κ1) is 17.4. The molecule has 0 aliphatic heterocycles. The quantitative estimate of drug-likeness (QED) is 0.707. The number of aromatic nitrogens is 4. The van der Waals surface area contributed by atoms with Crippen LogP contribution in [-0.4, -0.2) is 25.5 Å². The van der Waals surface area contributed by atoms with Gasteiger partial charge in [-0.25, -0.2) is 0 Å². The van der Waals surface area contributed by atoms with E-state index in [0.717, 1.165) is 22.6 Å². The van der Waals surface area contributed by atoms with E-state index in [9.17, 15) is 4.79 Å². The van der Waals surface area contributed by atoms with Gasteiger partial charge >= 0.3 is 0 Å². The Bertz CT molecular complexity index is 912. The highest BCUT2D eigenvalue weighted by Gasteiger charge is 2.16. The number of nitrogens with one attached hydrogen (secondary N) is 1. The molecular formula is C18H20BrN5O. The van der Waals surface area contributed by atoms with Gasteiger partial charge in [-0.3, -0.25) is 14.2 Å². The summed E-state index contributed by atoms with van der Waals surface area (Å²) in [6.45, 7) is 7.27. The van der Waals surface area contributed by atoms with Crippen molar-refractivity contribution in [1.82, 2.24) is 19.6 Å². The van der Waals surface area contributed by atoms with Crippen LogP contribution in [0, 0.1) is 13.8 Å². The average Bonchev–Trinajstić information content (AvgIpc) is 3.09. The summed E-state index contributed by atoms with van der Waals surface area (Å²) in [5.41, 5.74) is 4.46. The minimum absolute atomic E-state index is 0.186. The van der Waals surface area contributed by atoms with Crippen LogP contribution in [-0.2, 0) is 13.1 Å². The summed E-state index contributed by atoms with van der Waals surface area (Å²) in [7, 11) is 0. The van der Waals surface area contributed by atoms with Crippen molar-refractivity contribution in [3.63, 3.8) is 0 Å². The smallest absolute Gasteiger partial charge is 0.275 e. The van der Waals surface area contributed by atoms with Crippen molar-refractivity contribution in [2.45, 2.75) is 33.9 Å². The molecule has 3 aromatic rings. The monoisotopic (exact) mass is 401 g/mol. The number of hydrogen-bond donors (Lipinski definition) is 1. The highest BCUT2D eigenvalue weighted by atomic mass is 79.9. The lowest BCUT2D eigenvalue weighted by molar-refractivity contribution is 0.101. The van der Waals surface area contributed by atoms with E-state index < -0.39 is 0 Å². The third-order valence-corrected chi connectivity index (χ3v) is 4.51. The number of aryl methyl sites for hydroxylation is 3. The fourth-order valence-corrected chi connectivity index (χ4v) is 3.25. The molecule has 1 amide bonds. The van der Waals surface area contributed by atoms with Gasteiger partial charge in [-0.2, -0.15) is 10.2 Å². The topological polar surface area (TPSA) is 64.7 Å². The summed E-state index contributed by atoms with van der Waals surface area (Å²) in [5.74, 6) is -0.186. The van der Waals surface area contributed by atoms with Gasteiger partial charge in [-0.05, 0) is 60.5 Å². The minimum Gasteiger partial charge on any atom is -0.321 e. The fraction of sp³-hybridized carbons (Fsp3) is 0.278. The lowest BCUT2D eigenvalue weighted by Gasteiger charge is -2.10. The van der Waals surface area contributed by atoms with E-state index in [-0.39, 0.29) is 5.91 Å². The van der Waals surface area contributed by atoms with E-state index in [1.165, 1.54) is 0 Å². The van der Waals surface area contributed by atoms with Crippen LogP contribution in [0.25, 0.3) is 0 Å². The highest BCUT2D eigenvalue weighted by molar-refractivity contribution is 9.10. The van der Waals surface area contributed by atoms with E-state index in [2.05, 4.69) is 37.5 Å². The molecule has 1 aromatic carbocycles. The molecule has 7 heteroatoms. The van der Waals surface area contributed by atoms with Crippen LogP contribution in [0.4, 0.5) is 5.69 Å². The third-order valence-electron chi connectivity index (χ3n) is 3.93. The molecule has 0 radical (unpaired) electrons. The molecule has 6 nitrogen and oxygen atoms in total. The SMILES string of the molecule is CCn1ncc(Br)c1C(=O)Nc1cccc(Cn2nc(C)cc2C)c1. The van der Waals surface area contributed by atoms with E-state index in [0.29, 0.717) is 23.3 Å². The molecule has 0 saturated carbocycles. The molecule has 2 heterocycles. The Morgan fingerprint density at radius 1 is 1.24 bits per heavy atom. The molecule has 0 bridgehead atoms. The molecule has 3 rings (SSSR count). The number of benzene rings is 1. The molecule has 1 N–H and O–H groups in total. The lowest BCUT2D eigenvalue weighted by Crippen LogP contribution is -2.18. The van der Waals surface area contributed by atoms with Crippen molar-refractivity contribution in [2.75, 3.05) is 5.32 Å². The Hall–Kier alpha value is -2.41.